The third-order valence-electron chi connectivity index (χ3n) is 4.62. The lowest BCUT2D eigenvalue weighted by atomic mass is 10.2. The van der Waals surface area contributed by atoms with E-state index in [1.165, 1.54) is 5.56 Å². The van der Waals surface area contributed by atoms with E-state index in [4.69, 9.17) is 35.4 Å². The Morgan fingerprint density at radius 1 is 0.968 bits per heavy atom. The number of rotatable bonds is 6. The fourth-order valence-corrected chi connectivity index (χ4v) is 3.65. The van der Waals surface area contributed by atoms with Crippen molar-refractivity contribution >= 4 is 52.0 Å². The predicted molar refractivity (Wildman–Crippen MR) is 130 cm³/mol. The molecule has 0 fully saturated rings. The number of nitrogens with zero attached hydrogens (tertiary/aromatic N) is 4. The summed E-state index contributed by atoms with van der Waals surface area (Å²) in [7, 11) is 0. The largest absolute Gasteiger partial charge is 0.330 e. The van der Waals surface area contributed by atoms with Gasteiger partial charge in [-0.2, -0.15) is 10.2 Å². The minimum atomic E-state index is 0.443. The fraction of sp³-hybridized carbons (Fsp3) is 0.136. The molecule has 0 radical (unpaired) electrons. The molecule has 158 valence electrons. The highest BCUT2D eigenvalue weighted by Gasteiger charge is 2.09. The Labute approximate surface area is 195 Å². The van der Waals surface area contributed by atoms with Gasteiger partial charge in [0.2, 0.25) is 0 Å². The molecule has 0 aliphatic rings. The number of anilines is 2. The molecule has 0 spiro atoms. The van der Waals surface area contributed by atoms with Crippen molar-refractivity contribution in [1.29, 1.82) is 0 Å². The quantitative estimate of drug-likeness (QED) is 0.359. The summed E-state index contributed by atoms with van der Waals surface area (Å²) < 4.78 is 3.73. The number of thiocarbonyl (C=S) groups is 1. The number of halogens is 2. The van der Waals surface area contributed by atoms with Crippen LogP contribution in [0.5, 0.6) is 0 Å². The minimum absolute atomic E-state index is 0.443. The molecule has 0 atom stereocenters. The molecule has 2 N–H and O–H groups in total. The van der Waals surface area contributed by atoms with Gasteiger partial charge in [0.05, 0.1) is 35.0 Å². The molecule has 0 bridgehead atoms. The molecule has 0 saturated heterocycles. The molecular formula is C22H20Cl2N6S. The zero-order valence-electron chi connectivity index (χ0n) is 16.7. The molecule has 2 aromatic carbocycles. The van der Waals surface area contributed by atoms with Gasteiger partial charge in [-0.05, 0) is 42.4 Å². The van der Waals surface area contributed by atoms with Gasteiger partial charge >= 0.3 is 0 Å². The molecule has 0 aliphatic carbocycles. The summed E-state index contributed by atoms with van der Waals surface area (Å²) >= 11 is 17.5. The van der Waals surface area contributed by atoms with E-state index >= 15 is 0 Å². The Balaban J connectivity index is 1.36. The lowest BCUT2D eigenvalue weighted by Gasteiger charge is -2.07. The average Bonchev–Trinajstić information content (AvgIpc) is 3.31. The van der Waals surface area contributed by atoms with Gasteiger partial charge in [-0.3, -0.25) is 9.36 Å². The first-order valence-corrected chi connectivity index (χ1v) is 10.8. The molecule has 4 rings (SSSR count). The van der Waals surface area contributed by atoms with E-state index in [-0.39, 0.29) is 0 Å². The van der Waals surface area contributed by atoms with E-state index in [0.29, 0.717) is 34.1 Å². The zero-order chi connectivity index (χ0) is 21.8. The maximum Gasteiger partial charge on any atom is 0.176 e. The number of hydrogen-bond acceptors (Lipinski definition) is 3. The van der Waals surface area contributed by atoms with Gasteiger partial charge in [-0.1, -0.05) is 59.6 Å². The van der Waals surface area contributed by atoms with Gasteiger partial charge in [-0.25, -0.2) is 0 Å². The second kappa shape index (κ2) is 9.51. The van der Waals surface area contributed by atoms with Crippen LogP contribution in [0, 0.1) is 6.92 Å². The Hall–Kier alpha value is -2.87. The van der Waals surface area contributed by atoms with Crippen LogP contribution < -0.4 is 10.6 Å². The zero-order valence-corrected chi connectivity index (χ0v) is 19.0. The first-order chi connectivity index (χ1) is 15.0. The molecule has 2 heterocycles. The van der Waals surface area contributed by atoms with Crippen molar-refractivity contribution in [3.8, 4) is 0 Å². The maximum atomic E-state index is 6.11. The van der Waals surface area contributed by atoms with Crippen LogP contribution in [0.4, 0.5) is 11.5 Å². The van der Waals surface area contributed by atoms with Crippen molar-refractivity contribution in [2.75, 3.05) is 10.6 Å². The highest BCUT2D eigenvalue weighted by Crippen LogP contribution is 2.23. The Morgan fingerprint density at radius 2 is 1.77 bits per heavy atom. The average molecular weight is 471 g/mol. The summed E-state index contributed by atoms with van der Waals surface area (Å²) in [6.07, 6.45) is 3.65. The summed E-state index contributed by atoms with van der Waals surface area (Å²) in [6.45, 7) is 3.26. The van der Waals surface area contributed by atoms with Gasteiger partial charge in [0, 0.05) is 18.0 Å². The smallest absolute Gasteiger partial charge is 0.176 e. The van der Waals surface area contributed by atoms with E-state index < -0.39 is 0 Å². The van der Waals surface area contributed by atoms with E-state index in [1.54, 1.807) is 12.3 Å². The molecular weight excluding hydrogens is 451 g/mol. The second-order valence-corrected chi connectivity index (χ2v) is 8.29. The lowest BCUT2D eigenvalue weighted by Crippen LogP contribution is -2.19. The third kappa shape index (κ3) is 5.64. The lowest BCUT2D eigenvalue weighted by molar-refractivity contribution is 0.668. The number of aromatic nitrogens is 4. The van der Waals surface area contributed by atoms with Gasteiger partial charge in [-0.15, -0.1) is 0 Å². The number of nitrogens with one attached hydrogen (secondary N) is 2. The Kier molecular flexibility index (Phi) is 6.56. The standard InChI is InChI=1S/C22H20Cl2N6S/c1-15-9-21(28-30(15)13-17-7-8-19(23)20(24)10-17)27-22(31)26-18-11-25-29(14-18)12-16-5-3-2-4-6-16/h2-11,14H,12-13H2,1H3,(H2,26,27,28,31). The van der Waals surface area contributed by atoms with Crippen LogP contribution in [-0.2, 0) is 13.1 Å². The first-order valence-electron chi connectivity index (χ1n) is 9.59. The van der Waals surface area contributed by atoms with Crippen molar-refractivity contribution in [3.05, 3.63) is 93.9 Å². The molecule has 0 amide bonds. The molecule has 0 unspecified atom stereocenters. The van der Waals surface area contributed by atoms with Crippen LogP contribution >= 0.6 is 35.4 Å². The molecule has 9 heteroatoms. The van der Waals surface area contributed by atoms with Gasteiger partial charge in [0.1, 0.15) is 0 Å². The van der Waals surface area contributed by atoms with E-state index in [0.717, 1.165) is 16.9 Å². The number of hydrogen-bond donors (Lipinski definition) is 2. The SMILES string of the molecule is Cc1cc(NC(=S)Nc2cnn(Cc3ccccc3)c2)nn1Cc1ccc(Cl)c(Cl)c1. The molecule has 0 saturated carbocycles. The summed E-state index contributed by atoms with van der Waals surface area (Å²) in [5.41, 5.74) is 3.99. The van der Waals surface area contributed by atoms with Crippen molar-refractivity contribution < 1.29 is 0 Å². The summed E-state index contributed by atoms with van der Waals surface area (Å²) in [6, 6.07) is 17.7. The topological polar surface area (TPSA) is 59.7 Å². The minimum Gasteiger partial charge on any atom is -0.330 e. The summed E-state index contributed by atoms with van der Waals surface area (Å²) in [5, 5.41) is 16.7. The van der Waals surface area contributed by atoms with Crippen LogP contribution in [0.2, 0.25) is 10.0 Å². The Bertz CT molecular complexity index is 1200. The van der Waals surface area contributed by atoms with Crippen LogP contribution in [-0.4, -0.2) is 24.7 Å². The second-order valence-electron chi connectivity index (χ2n) is 7.07. The van der Waals surface area contributed by atoms with E-state index in [2.05, 4.69) is 33.0 Å². The molecule has 6 nitrogen and oxygen atoms in total. The van der Waals surface area contributed by atoms with Crippen LogP contribution in [0.1, 0.15) is 16.8 Å². The molecule has 2 aromatic heterocycles. The maximum absolute atomic E-state index is 6.11. The normalized spacial score (nSPS) is 10.8. The molecule has 0 aliphatic heterocycles. The fourth-order valence-electron chi connectivity index (χ4n) is 3.11. The monoisotopic (exact) mass is 470 g/mol. The summed E-state index contributed by atoms with van der Waals surface area (Å²) in [5.74, 6) is 0.659. The highest BCUT2D eigenvalue weighted by molar-refractivity contribution is 7.80. The van der Waals surface area contributed by atoms with Crippen molar-refractivity contribution in [2.45, 2.75) is 20.0 Å². The van der Waals surface area contributed by atoms with Crippen LogP contribution in [0.25, 0.3) is 0 Å². The Morgan fingerprint density at radius 3 is 2.55 bits per heavy atom. The van der Waals surface area contributed by atoms with Crippen LogP contribution in [0.15, 0.2) is 67.0 Å². The summed E-state index contributed by atoms with van der Waals surface area (Å²) in [4.78, 5) is 0. The predicted octanol–water partition coefficient (Wildman–Crippen LogP) is 5.60. The molecule has 31 heavy (non-hydrogen) atoms. The van der Waals surface area contributed by atoms with Crippen LogP contribution in [0.3, 0.4) is 0 Å². The van der Waals surface area contributed by atoms with Crippen molar-refractivity contribution in [2.24, 2.45) is 0 Å². The highest BCUT2D eigenvalue weighted by atomic mass is 35.5. The first kappa shape index (κ1) is 21.4. The van der Waals surface area contributed by atoms with Gasteiger partial charge < -0.3 is 10.6 Å². The third-order valence-corrected chi connectivity index (χ3v) is 5.56. The van der Waals surface area contributed by atoms with E-state index in [1.807, 2.05) is 58.9 Å². The van der Waals surface area contributed by atoms with E-state index in [9.17, 15) is 0 Å². The number of aryl methyl sites for hydroxylation is 1. The van der Waals surface area contributed by atoms with Crippen molar-refractivity contribution in [3.63, 3.8) is 0 Å². The number of benzene rings is 2. The van der Waals surface area contributed by atoms with Gasteiger partial charge in [0.15, 0.2) is 10.9 Å². The van der Waals surface area contributed by atoms with Gasteiger partial charge in [0.25, 0.3) is 0 Å². The molecule has 4 aromatic rings. The van der Waals surface area contributed by atoms with Crippen molar-refractivity contribution in [1.82, 2.24) is 19.6 Å².